The van der Waals surface area contributed by atoms with Gasteiger partial charge in [0.2, 0.25) is 11.8 Å². The van der Waals surface area contributed by atoms with Crippen LogP contribution >= 0.6 is 11.6 Å². The molecule has 1 aliphatic heterocycles. The van der Waals surface area contributed by atoms with E-state index in [9.17, 15) is 14.4 Å². The summed E-state index contributed by atoms with van der Waals surface area (Å²) in [4.78, 5) is 39.0. The van der Waals surface area contributed by atoms with Gasteiger partial charge in [-0.2, -0.15) is 0 Å². The van der Waals surface area contributed by atoms with Gasteiger partial charge in [0.1, 0.15) is 0 Å². The van der Waals surface area contributed by atoms with Crippen LogP contribution in [0.3, 0.4) is 0 Å². The smallest absolute Gasteiger partial charge is 0.335 e. The second-order valence-electron chi connectivity index (χ2n) is 6.44. The number of hydrogen-bond acceptors (Lipinski definition) is 3. The number of amides is 2. The van der Waals surface area contributed by atoms with Crippen molar-refractivity contribution in [1.82, 2.24) is 9.80 Å². The molecule has 2 aromatic rings. The molecule has 140 valence electrons. The Morgan fingerprint density at radius 2 is 1.59 bits per heavy atom. The van der Waals surface area contributed by atoms with Gasteiger partial charge in [0, 0.05) is 24.7 Å². The number of piperazine rings is 1. The number of nitrogens with zero attached hydrogens (tertiary/aromatic N) is 2. The number of carboxylic acids is 1. The van der Waals surface area contributed by atoms with Crippen LogP contribution in [0.2, 0.25) is 5.02 Å². The third-order valence-electron chi connectivity index (χ3n) is 4.51. The summed E-state index contributed by atoms with van der Waals surface area (Å²) in [5, 5.41) is 9.56. The maximum absolute atomic E-state index is 12.5. The maximum Gasteiger partial charge on any atom is 0.335 e. The first-order valence-corrected chi connectivity index (χ1v) is 8.92. The Labute approximate surface area is 162 Å². The normalized spacial score (nSPS) is 14.3. The van der Waals surface area contributed by atoms with Crippen molar-refractivity contribution >= 4 is 29.4 Å². The fraction of sp³-hybridized carbons (Fsp3) is 0.250. The van der Waals surface area contributed by atoms with Gasteiger partial charge in [-0.05, 0) is 35.4 Å². The summed E-state index contributed by atoms with van der Waals surface area (Å²) in [6.07, 6.45) is 0.143. The quantitative estimate of drug-likeness (QED) is 0.856. The third kappa shape index (κ3) is 4.86. The molecule has 0 aliphatic carbocycles. The Hall–Kier alpha value is -2.86. The van der Waals surface area contributed by atoms with E-state index < -0.39 is 5.97 Å². The van der Waals surface area contributed by atoms with Crippen molar-refractivity contribution in [3.8, 4) is 0 Å². The van der Waals surface area contributed by atoms with Gasteiger partial charge in [-0.15, -0.1) is 0 Å². The van der Waals surface area contributed by atoms with E-state index in [0.717, 1.165) is 11.1 Å². The van der Waals surface area contributed by atoms with Crippen molar-refractivity contribution in [3.05, 3.63) is 70.2 Å². The molecular weight excluding hydrogens is 368 g/mol. The predicted molar refractivity (Wildman–Crippen MR) is 101 cm³/mol. The zero-order chi connectivity index (χ0) is 19.4. The van der Waals surface area contributed by atoms with Crippen LogP contribution in [0.1, 0.15) is 21.5 Å². The van der Waals surface area contributed by atoms with E-state index in [1.165, 1.54) is 12.1 Å². The summed E-state index contributed by atoms with van der Waals surface area (Å²) in [7, 11) is 0. The summed E-state index contributed by atoms with van der Waals surface area (Å²) in [6.45, 7) is 1.50. The molecule has 1 saturated heterocycles. The molecule has 0 radical (unpaired) electrons. The fourth-order valence-electron chi connectivity index (χ4n) is 2.95. The molecule has 0 unspecified atom stereocenters. The Kier molecular flexibility index (Phi) is 5.76. The van der Waals surface area contributed by atoms with E-state index in [-0.39, 0.29) is 30.3 Å². The lowest BCUT2D eigenvalue weighted by Crippen LogP contribution is -2.52. The van der Waals surface area contributed by atoms with Gasteiger partial charge in [-0.3, -0.25) is 9.59 Å². The van der Waals surface area contributed by atoms with Crippen LogP contribution in [0.15, 0.2) is 48.5 Å². The van der Waals surface area contributed by atoms with Crippen molar-refractivity contribution in [2.45, 2.75) is 13.0 Å². The van der Waals surface area contributed by atoms with Crippen LogP contribution in [0.4, 0.5) is 0 Å². The lowest BCUT2D eigenvalue weighted by Gasteiger charge is -2.34. The standard InChI is InChI=1S/C20H19ClN2O4/c21-17-7-3-15(4-8-17)12-22-9-10-23(13-19(22)25)18(24)11-14-1-5-16(6-2-14)20(26)27/h1-8H,9-13H2,(H,26,27). The number of carbonyl (C=O) groups excluding carboxylic acids is 2. The van der Waals surface area contributed by atoms with E-state index in [1.54, 1.807) is 34.1 Å². The minimum absolute atomic E-state index is 0.0552. The Bertz CT molecular complexity index is 849. The number of aromatic carboxylic acids is 1. The number of carbonyl (C=O) groups is 3. The molecule has 1 aliphatic rings. The highest BCUT2D eigenvalue weighted by Gasteiger charge is 2.27. The van der Waals surface area contributed by atoms with Crippen molar-refractivity contribution < 1.29 is 19.5 Å². The zero-order valence-electron chi connectivity index (χ0n) is 14.6. The first-order chi connectivity index (χ1) is 12.9. The molecule has 3 rings (SSSR count). The van der Waals surface area contributed by atoms with Crippen LogP contribution in [-0.2, 0) is 22.6 Å². The largest absolute Gasteiger partial charge is 0.478 e. The summed E-state index contributed by atoms with van der Waals surface area (Å²) >= 11 is 5.87. The average Bonchev–Trinajstić information content (AvgIpc) is 2.65. The van der Waals surface area contributed by atoms with E-state index in [2.05, 4.69) is 0 Å². The highest BCUT2D eigenvalue weighted by Crippen LogP contribution is 2.14. The number of carboxylic acid groups (broad SMARTS) is 1. The molecule has 0 atom stereocenters. The molecule has 7 heteroatoms. The lowest BCUT2D eigenvalue weighted by molar-refractivity contribution is -0.145. The van der Waals surface area contributed by atoms with Crippen LogP contribution < -0.4 is 0 Å². The molecule has 2 amide bonds. The summed E-state index contributed by atoms with van der Waals surface area (Å²) in [6, 6.07) is 13.5. The summed E-state index contributed by atoms with van der Waals surface area (Å²) in [5.74, 6) is -1.24. The highest BCUT2D eigenvalue weighted by atomic mass is 35.5. The maximum atomic E-state index is 12.5. The second kappa shape index (κ2) is 8.22. The molecule has 0 bridgehead atoms. The van der Waals surface area contributed by atoms with Crippen LogP contribution in [0.25, 0.3) is 0 Å². The molecular formula is C20H19ClN2O4. The van der Waals surface area contributed by atoms with Crippen molar-refractivity contribution in [2.75, 3.05) is 19.6 Å². The Morgan fingerprint density at radius 1 is 0.963 bits per heavy atom. The number of halogens is 1. The van der Waals surface area contributed by atoms with E-state index in [4.69, 9.17) is 16.7 Å². The first kappa shape index (κ1) is 18.9. The van der Waals surface area contributed by atoms with E-state index in [0.29, 0.717) is 24.7 Å². The minimum atomic E-state index is -1.00. The fourth-order valence-corrected chi connectivity index (χ4v) is 3.08. The van der Waals surface area contributed by atoms with E-state index >= 15 is 0 Å². The molecule has 27 heavy (non-hydrogen) atoms. The molecule has 1 N–H and O–H groups in total. The third-order valence-corrected chi connectivity index (χ3v) is 4.77. The summed E-state index contributed by atoms with van der Waals surface area (Å²) in [5.41, 5.74) is 1.89. The van der Waals surface area contributed by atoms with Crippen molar-refractivity contribution in [1.29, 1.82) is 0 Å². The zero-order valence-corrected chi connectivity index (χ0v) is 15.4. The molecule has 1 fully saturated rings. The minimum Gasteiger partial charge on any atom is -0.478 e. The monoisotopic (exact) mass is 386 g/mol. The van der Waals surface area contributed by atoms with Gasteiger partial charge in [0.25, 0.3) is 0 Å². The molecule has 0 saturated carbocycles. The number of hydrogen-bond donors (Lipinski definition) is 1. The second-order valence-corrected chi connectivity index (χ2v) is 6.87. The molecule has 1 heterocycles. The topological polar surface area (TPSA) is 77.9 Å². The lowest BCUT2D eigenvalue weighted by atomic mass is 10.1. The number of rotatable bonds is 5. The van der Waals surface area contributed by atoms with Gasteiger partial charge >= 0.3 is 5.97 Å². The Balaban J connectivity index is 1.55. The number of benzene rings is 2. The van der Waals surface area contributed by atoms with Gasteiger partial charge in [0.05, 0.1) is 18.5 Å². The molecule has 6 nitrogen and oxygen atoms in total. The van der Waals surface area contributed by atoms with Gasteiger partial charge in [-0.1, -0.05) is 35.9 Å². The molecule has 0 aromatic heterocycles. The van der Waals surface area contributed by atoms with Crippen LogP contribution in [0.5, 0.6) is 0 Å². The molecule has 0 spiro atoms. The van der Waals surface area contributed by atoms with E-state index in [1.807, 2.05) is 12.1 Å². The van der Waals surface area contributed by atoms with Crippen LogP contribution in [-0.4, -0.2) is 52.3 Å². The molecule has 2 aromatic carbocycles. The van der Waals surface area contributed by atoms with Gasteiger partial charge in [-0.25, -0.2) is 4.79 Å². The SMILES string of the molecule is O=C(O)c1ccc(CC(=O)N2CCN(Cc3ccc(Cl)cc3)C(=O)C2)cc1. The summed E-state index contributed by atoms with van der Waals surface area (Å²) < 4.78 is 0. The van der Waals surface area contributed by atoms with Crippen molar-refractivity contribution in [2.24, 2.45) is 0 Å². The average molecular weight is 387 g/mol. The first-order valence-electron chi connectivity index (χ1n) is 8.54. The Morgan fingerprint density at radius 3 is 2.19 bits per heavy atom. The van der Waals surface area contributed by atoms with Crippen LogP contribution in [0, 0.1) is 0 Å². The van der Waals surface area contributed by atoms with Gasteiger partial charge < -0.3 is 14.9 Å². The highest BCUT2D eigenvalue weighted by molar-refractivity contribution is 6.30. The predicted octanol–water partition coefficient (Wildman–Crippen LogP) is 2.45. The van der Waals surface area contributed by atoms with Crippen molar-refractivity contribution in [3.63, 3.8) is 0 Å². The van der Waals surface area contributed by atoms with Gasteiger partial charge in [0.15, 0.2) is 0 Å².